The topological polar surface area (TPSA) is 42.1 Å². The maximum Gasteiger partial charge on any atom is 0.128 e. The van der Waals surface area contributed by atoms with Crippen LogP contribution in [0.15, 0.2) is 18.3 Å². The monoisotopic (exact) mass is 205 g/mol. The van der Waals surface area contributed by atoms with Crippen molar-refractivity contribution in [1.29, 1.82) is 0 Å². The van der Waals surface area contributed by atoms with Gasteiger partial charge in [0.05, 0.1) is 11.9 Å². The molecule has 1 aromatic heterocycles. The Kier molecular flexibility index (Phi) is 3.09. The molecule has 15 heavy (non-hydrogen) atoms. The minimum atomic E-state index is 0.739. The Morgan fingerprint density at radius 2 is 2.40 bits per heavy atom. The van der Waals surface area contributed by atoms with Crippen molar-refractivity contribution in [2.75, 3.05) is 23.7 Å². The summed E-state index contributed by atoms with van der Waals surface area (Å²) < 4.78 is 0. The van der Waals surface area contributed by atoms with E-state index in [-0.39, 0.29) is 0 Å². The van der Waals surface area contributed by atoms with Crippen molar-refractivity contribution in [2.24, 2.45) is 5.92 Å². The highest BCUT2D eigenvalue weighted by atomic mass is 15.2. The first-order valence-corrected chi connectivity index (χ1v) is 5.76. The standard InChI is InChI=1S/C12H19N3/c1-2-3-10-6-7-15(9-10)12-5-4-11(13)8-14-12/h4-5,8,10H,2-3,6-7,9,13H2,1H3. The number of rotatable bonds is 3. The first-order valence-electron chi connectivity index (χ1n) is 5.76. The van der Waals surface area contributed by atoms with Gasteiger partial charge in [0.1, 0.15) is 5.82 Å². The maximum absolute atomic E-state index is 5.62. The van der Waals surface area contributed by atoms with Crippen LogP contribution in [0.2, 0.25) is 0 Å². The first kappa shape index (κ1) is 10.3. The summed E-state index contributed by atoms with van der Waals surface area (Å²) in [6, 6.07) is 3.94. The Hall–Kier alpha value is -1.25. The number of aromatic nitrogens is 1. The zero-order chi connectivity index (χ0) is 10.7. The van der Waals surface area contributed by atoms with E-state index in [0.29, 0.717) is 0 Å². The molecular weight excluding hydrogens is 186 g/mol. The van der Waals surface area contributed by atoms with Crippen LogP contribution < -0.4 is 10.6 Å². The third-order valence-corrected chi connectivity index (χ3v) is 3.08. The average Bonchev–Trinajstić information content (AvgIpc) is 2.68. The number of pyridine rings is 1. The number of nitrogen functional groups attached to an aromatic ring is 1. The third-order valence-electron chi connectivity index (χ3n) is 3.08. The van der Waals surface area contributed by atoms with E-state index in [1.54, 1.807) is 6.20 Å². The van der Waals surface area contributed by atoms with E-state index < -0.39 is 0 Å². The lowest BCUT2D eigenvalue weighted by molar-refractivity contribution is 0.529. The fourth-order valence-corrected chi connectivity index (χ4v) is 2.27. The van der Waals surface area contributed by atoms with Crippen LogP contribution in [0.3, 0.4) is 0 Å². The fraction of sp³-hybridized carbons (Fsp3) is 0.583. The van der Waals surface area contributed by atoms with Crippen LogP contribution in [0.25, 0.3) is 0 Å². The predicted octanol–water partition coefficient (Wildman–Crippen LogP) is 2.29. The minimum absolute atomic E-state index is 0.739. The van der Waals surface area contributed by atoms with E-state index in [4.69, 9.17) is 5.73 Å². The van der Waals surface area contributed by atoms with Crippen LogP contribution >= 0.6 is 0 Å². The van der Waals surface area contributed by atoms with E-state index >= 15 is 0 Å². The van der Waals surface area contributed by atoms with Crippen molar-refractivity contribution in [1.82, 2.24) is 4.98 Å². The number of nitrogens with two attached hydrogens (primary N) is 1. The van der Waals surface area contributed by atoms with Gasteiger partial charge in [-0.2, -0.15) is 0 Å². The molecule has 2 heterocycles. The Labute approximate surface area is 91.3 Å². The van der Waals surface area contributed by atoms with Gasteiger partial charge in [0, 0.05) is 13.1 Å². The van der Waals surface area contributed by atoms with Crippen LogP contribution in [-0.4, -0.2) is 18.1 Å². The second-order valence-electron chi connectivity index (χ2n) is 4.34. The largest absolute Gasteiger partial charge is 0.397 e. The number of nitrogens with zero attached hydrogens (tertiary/aromatic N) is 2. The third kappa shape index (κ3) is 2.41. The molecule has 1 aliphatic heterocycles. The van der Waals surface area contributed by atoms with Gasteiger partial charge in [-0.15, -0.1) is 0 Å². The smallest absolute Gasteiger partial charge is 0.128 e. The molecule has 1 aliphatic rings. The summed E-state index contributed by atoms with van der Waals surface area (Å²) >= 11 is 0. The SMILES string of the molecule is CCCC1CCN(c2ccc(N)cn2)C1. The molecule has 82 valence electrons. The maximum atomic E-state index is 5.62. The Morgan fingerprint density at radius 1 is 1.53 bits per heavy atom. The van der Waals surface area contributed by atoms with Crippen molar-refractivity contribution >= 4 is 11.5 Å². The molecule has 0 bridgehead atoms. The molecule has 0 radical (unpaired) electrons. The summed E-state index contributed by atoms with van der Waals surface area (Å²) in [4.78, 5) is 6.72. The summed E-state index contributed by atoms with van der Waals surface area (Å²) in [6.07, 6.45) is 5.67. The van der Waals surface area contributed by atoms with Crippen LogP contribution in [0.5, 0.6) is 0 Å². The molecule has 3 heteroatoms. The second-order valence-corrected chi connectivity index (χ2v) is 4.34. The molecule has 1 aromatic rings. The quantitative estimate of drug-likeness (QED) is 0.823. The number of anilines is 2. The van der Waals surface area contributed by atoms with Gasteiger partial charge in [0.15, 0.2) is 0 Å². The van der Waals surface area contributed by atoms with Gasteiger partial charge in [0.2, 0.25) is 0 Å². The Bertz CT molecular complexity index is 307. The number of hydrogen-bond donors (Lipinski definition) is 1. The molecular formula is C12H19N3. The summed E-state index contributed by atoms with van der Waals surface area (Å²) in [5, 5.41) is 0. The van der Waals surface area contributed by atoms with E-state index in [0.717, 1.165) is 30.5 Å². The lowest BCUT2D eigenvalue weighted by Gasteiger charge is -2.17. The normalized spacial score (nSPS) is 20.9. The van der Waals surface area contributed by atoms with E-state index in [1.807, 2.05) is 12.1 Å². The zero-order valence-electron chi connectivity index (χ0n) is 9.32. The molecule has 0 spiro atoms. The van der Waals surface area contributed by atoms with Gasteiger partial charge in [-0.25, -0.2) is 4.98 Å². The Balaban J connectivity index is 1.98. The molecule has 2 N–H and O–H groups in total. The van der Waals surface area contributed by atoms with Gasteiger partial charge in [-0.05, 0) is 30.9 Å². The lowest BCUT2D eigenvalue weighted by Crippen LogP contribution is -2.20. The molecule has 1 fully saturated rings. The number of hydrogen-bond acceptors (Lipinski definition) is 3. The van der Waals surface area contributed by atoms with Gasteiger partial charge in [0.25, 0.3) is 0 Å². The summed E-state index contributed by atoms with van der Waals surface area (Å²) in [7, 11) is 0. The lowest BCUT2D eigenvalue weighted by atomic mass is 10.0. The van der Waals surface area contributed by atoms with Gasteiger partial charge in [-0.3, -0.25) is 0 Å². The minimum Gasteiger partial charge on any atom is -0.397 e. The Morgan fingerprint density at radius 3 is 3.07 bits per heavy atom. The predicted molar refractivity (Wildman–Crippen MR) is 63.9 cm³/mol. The van der Waals surface area contributed by atoms with Crippen molar-refractivity contribution in [3.63, 3.8) is 0 Å². The van der Waals surface area contributed by atoms with E-state index in [1.165, 1.54) is 19.3 Å². The fourth-order valence-electron chi connectivity index (χ4n) is 2.27. The first-order chi connectivity index (χ1) is 7.29. The van der Waals surface area contributed by atoms with Gasteiger partial charge < -0.3 is 10.6 Å². The van der Waals surface area contributed by atoms with Crippen molar-refractivity contribution in [3.8, 4) is 0 Å². The molecule has 1 saturated heterocycles. The molecule has 0 aliphatic carbocycles. The van der Waals surface area contributed by atoms with Gasteiger partial charge >= 0.3 is 0 Å². The van der Waals surface area contributed by atoms with Crippen LogP contribution in [0.4, 0.5) is 11.5 Å². The van der Waals surface area contributed by atoms with Crippen LogP contribution in [-0.2, 0) is 0 Å². The summed E-state index contributed by atoms with van der Waals surface area (Å²) in [6.45, 7) is 4.55. The highest BCUT2D eigenvalue weighted by Gasteiger charge is 2.22. The summed E-state index contributed by atoms with van der Waals surface area (Å²) in [5.74, 6) is 1.93. The highest BCUT2D eigenvalue weighted by molar-refractivity contribution is 5.46. The average molecular weight is 205 g/mol. The van der Waals surface area contributed by atoms with Crippen molar-refractivity contribution in [2.45, 2.75) is 26.2 Å². The van der Waals surface area contributed by atoms with Gasteiger partial charge in [-0.1, -0.05) is 13.3 Å². The second kappa shape index (κ2) is 4.51. The van der Waals surface area contributed by atoms with Crippen molar-refractivity contribution in [3.05, 3.63) is 18.3 Å². The van der Waals surface area contributed by atoms with E-state index in [9.17, 15) is 0 Å². The van der Waals surface area contributed by atoms with E-state index in [2.05, 4.69) is 16.8 Å². The summed E-state index contributed by atoms with van der Waals surface area (Å²) in [5.41, 5.74) is 6.36. The van der Waals surface area contributed by atoms with Crippen LogP contribution in [0.1, 0.15) is 26.2 Å². The molecule has 0 saturated carbocycles. The molecule has 1 atom stereocenters. The van der Waals surface area contributed by atoms with Crippen molar-refractivity contribution < 1.29 is 0 Å². The molecule has 0 amide bonds. The molecule has 2 rings (SSSR count). The highest BCUT2D eigenvalue weighted by Crippen LogP contribution is 2.25. The molecule has 1 unspecified atom stereocenters. The molecule has 0 aromatic carbocycles. The zero-order valence-corrected chi connectivity index (χ0v) is 9.32. The van der Waals surface area contributed by atoms with Crippen LogP contribution in [0, 0.1) is 5.92 Å². The molecule has 3 nitrogen and oxygen atoms in total.